The van der Waals surface area contributed by atoms with Crippen molar-refractivity contribution < 1.29 is 23.9 Å². The van der Waals surface area contributed by atoms with Gasteiger partial charge in [0.25, 0.3) is 0 Å². The number of carbonyl (C=O) groups excluding carboxylic acids is 3. The molecule has 11 heteroatoms. The summed E-state index contributed by atoms with van der Waals surface area (Å²) in [7, 11) is 1.41. The first-order valence-electron chi connectivity index (χ1n) is 9.94. The van der Waals surface area contributed by atoms with E-state index in [0.717, 1.165) is 0 Å². The van der Waals surface area contributed by atoms with Crippen LogP contribution in [0.15, 0.2) is 65.8 Å². The van der Waals surface area contributed by atoms with Crippen molar-refractivity contribution in [1.29, 1.82) is 0 Å². The summed E-state index contributed by atoms with van der Waals surface area (Å²) in [4.78, 5) is 36.7. The van der Waals surface area contributed by atoms with Crippen molar-refractivity contribution in [3.63, 3.8) is 0 Å². The van der Waals surface area contributed by atoms with Crippen LogP contribution in [0, 0.1) is 0 Å². The van der Waals surface area contributed by atoms with Gasteiger partial charge in [-0.1, -0.05) is 46.9 Å². The monoisotopic (exact) mass is 533 g/mol. The molecule has 2 amide bonds. The van der Waals surface area contributed by atoms with Crippen LogP contribution in [0.25, 0.3) is 0 Å². The SMILES string of the molecule is COc1cc(C(C)=NNC(=O)C(=O)Nc2cc(Cl)cc(Cl)c2)ccc1OC(=O)c1ccccc1Cl. The van der Waals surface area contributed by atoms with Gasteiger partial charge in [0.05, 0.1) is 23.4 Å². The van der Waals surface area contributed by atoms with E-state index in [1.54, 1.807) is 43.3 Å². The standard InChI is InChI=1S/C24H18Cl3N3O5/c1-13(29-30-23(32)22(31)28-17-11-15(25)10-16(26)12-17)14-7-8-20(21(9-14)34-2)35-24(33)18-5-3-4-6-19(18)27/h3-12H,1-2H3,(H,28,31)(H,30,32). The van der Waals surface area contributed by atoms with Crippen LogP contribution in [0.3, 0.4) is 0 Å². The lowest BCUT2D eigenvalue weighted by atomic mass is 10.1. The molecule has 0 aromatic heterocycles. The summed E-state index contributed by atoms with van der Waals surface area (Å²) < 4.78 is 10.7. The fraction of sp³-hybridized carbons (Fsp3) is 0.0833. The van der Waals surface area contributed by atoms with Gasteiger partial charge in [-0.05, 0) is 55.5 Å². The van der Waals surface area contributed by atoms with Crippen molar-refractivity contribution in [3.05, 3.63) is 86.9 Å². The molecular formula is C24H18Cl3N3O5. The zero-order valence-corrected chi connectivity index (χ0v) is 20.7. The summed E-state index contributed by atoms with van der Waals surface area (Å²) in [6.07, 6.45) is 0. The van der Waals surface area contributed by atoms with Crippen molar-refractivity contribution in [1.82, 2.24) is 5.43 Å². The third-order valence-electron chi connectivity index (χ3n) is 4.53. The van der Waals surface area contributed by atoms with E-state index >= 15 is 0 Å². The highest BCUT2D eigenvalue weighted by molar-refractivity contribution is 6.40. The van der Waals surface area contributed by atoms with Crippen LogP contribution in [0.2, 0.25) is 15.1 Å². The number of methoxy groups -OCH3 is 1. The van der Waals surface area contributed by atoms with Gasteiger partial charge in [-0.2, -0.15) is 5.10 Å². The number of amides is 2. The molecule has 3 aromatic rings. The highest BCUT2D eigenvalue weighted by atomic mass is 35.5. The van der Waals surface area contributed by atoms with E-state index in [2.05, 4.69) is 15.8 Å². The summed E-state index contributed by atoms with van der Waals surface area (Å²) in [5.41, 5.74) is 3.54. The molecule has 0 heterocycles. The molecule has 0 unspecified atom stereocenters. The lowest BCUT2D eigenvalue weighted by Crippen LogP contribution is -2.32. The van der Waals surface area contributed by atoms with Gasteiger partial charge in [-0.3, -0.25) is 9.59 Å². The zero-order valence-electron chi connectivity index (χ0n) is 18.4. The number of halogens is 3. The Bertz CT molecular complexity index is 1310. The molecular weight excluding hydrogens is 517 g/mol. The molecule has 0 fully saturated rings. The van der Waals surface area contributed by atoms with E-state index in [9.17, 15) is 14.4 Å². The molecule has 0 saturated heterocycles. The van der Waals surface area contributed by atoms with Gasteiger partial charge in [0.2, 0.25) is 0 Å². The number of hydrazone groups is 1. The molecule has 3 rings (SSSR count). The van der Waals surface area contributed by atoms with E-state index < -0.39 is 17.8 Å². The first kappa shape index (κ1) is 26.0. The molecule has 0 atom stereocenters. The van der Waals surface area contributed by atoms with E-state index in [0.29, 0.717) is 21.3 Å². The molecule has 0 aliphatic rings. The maximum Gasteiger partial charge on any atom is 0.345 e. The number of hydrogen-bond acceptors (Lipinski definition) is 6. The Labute approximate surface area is 215 Å². The molecule has 0 bridgehead atoms. The summed E-state index contributed by atoms with van der Waals surface area (Å²) in [5, 5.41) is 7.19. The van der Waals surface area contributed by atoms with Crippen LogP contribution in [-0.4, -0.2) is 30.6 Å². The highest BCUT2D eigenvalue weighted by Gasteiger charge is 2.17. The highest BCUT2D eigenvalue weighted by Crippen LogP contribution is 2.30. The van der Waals surface area contributed by atoms with Crippen LogP contribution in [0.4, 0.5) is 5.69 Å². The first-order chi connectivity index (χ1) is 16.7. The van der Waals surface area contributed by atoms with Gasteiger partial charge in [-0.25, -0.2) is 10.2 Å². The Balaban J connectivity index is 1.68. The second kappa shape index (κ2) is 11.7. The topological polar surface area (TPSA) is 106 Å². The summed E-state index contributed by atoms with van der Waals surface area (Å²) in [6.45, 7) is 1.61. The van der Waals surface area contributed by atoms with Crippen LogP contribution < -0.4 is 20.2 Å². The zero-order chi connectivity index (χ0) is 25.5. The Morgan fingerprint density at radius 1 is 0.857 bits per heavy atom. The first-order valence-corrected chi connectivity index (χ1v) is 11.1. The third kappa shape index (κ3) is 6.95. The largest absolute Gasteiger partial charge is 0.493 e. The maximum atomic E-state index is 12.4. The molecule has 0 radical (unpaired) electrons. The van der Waals surface area contributed by atoms with Crippen LogP contribution in [-0.2, 0) is 9.59 Å². The fourth-order valence-electron chi connectivity index (χ4n) is 2.82. The number of benzene rings is 3. The van der Waals surface area contributed by atoms with Crippen molar-refractivity contribution in [2.24, 2.45) is 5.10 Å². The molecule has 2 N–H and O–H groups in total. The lowest BCUT2D eigenvalue weighted by Gasteiger charge is -2.11. The number of nitrogens with one attached hydrogen (secondary N) is 2. The molecule has 3 aromatic carbocycles. The Kier molecular flexibility index (Phi) is 8.70. The second-order valence-corrected chi connectivity index (χ2v) is 8.27. The molecule has 8 nitrogen and oxygen atoms in total. The number of rotatable bonds is 6. The van der Waals surface area contributed by atoms with Crippen LogP contribution >= 0.6 is 34.8 Å². The smallest absolute Gasteiger partial charge is 0.345 e. The lowest BCUT2D eigenvalue weighted by molar-refractivity contribution is -0.136. The van der Waals surface area contributed by atoms with E-state index in [1.165, 1.54) is 31.4 Å². The van der Waals surface area contributed by atoms with Crippen LogP contribution in [0.5, 0.6) is 11.5 Å². The van der Waals surface area contributed by atoms with Crippen LogP contribution in [0.1, 0.15) is 22.8 Å². The van der Waals surface area contributed by atoms with Gasteiger partial charge in [0.15, 0.2) is 11.5 Å². The van der Waals surface area contributed by atoms with Gasteiger partial charge in [0, 0.05) is 21.3 Å². The Hall–Kier alpha value is -3.59. The molecule has 0 spiro atoms. The molecule has 0 aliphatic heterocycles. The minimum Gasteiger partial charge on any atom is -0.493 e. The minimum absolute atomic E-state index is 0.164. The van der Waals surface area contributed by atoms with E-state index in [4.69, 9.17) is 44.3 Å². The average molecular weight is 535 g/mol. The quantitative estimate of drug-likeness (QED) is 0.146. The number of nitrogens with zero attached hydrogens (tertiary/aromatic N) is 1. The van der Waals surface area contributed by atoms with Gasteiger partial charge in [-0.15, -0.1) is 0 Å². The van der Waals surface area contributed by atoms with Crippen molar-refractivity contribution in [2.75, 3.05) is 12.4 Å². The average Bonchev–Trinajstić information content (AvgIpc) is 2.82. The van der Waals surface area contributed by atoms with Gasteiger partial charge >= 0.3 is 17.8 Å². The van der Waals surface area contributed by atoms with Crippen molar-refractivity contribution in [2.45, 2.75) is 6.92 Å². The number of hydrogen-bond donors (Lipinski definition) is 2. The molecule has 0 saturated carbocycles. The number of ether oxygens (including phenoxy) is 2. The molecule has 180 valence electrons. The van der Waals surface area contributed by atoms with E-state index in [-0.39, 0.29) is 27.8 Å². The summed E-state index contributed by atoms with van der Waals surface area (Å²) in [6, 6.07) is 15.6. The second-order valence-electron chi connectivity index (χ2n) is 6.99. The minimum atomic E-state index is -1.00. The summed E-state index contributed by atoms with van der Waals surface area (Å²) in [5.74, 6) is -2.19. The maximum absolute atomic E-state index is 12.4. The Morgan fingerprint density at radius 2 is 1.54 bits per heavy atom. The predicted molar refractivity (Wildman–Crippen MR) is 135 cm³/mol. The molecule has 35 heavy (non-hydrogen) atoms. The van der Waals surface area contributed by atoms with Gasteiger partial charge < -0.3 is 14.8 Å². The Morgan fingerprint density at radius 3 is 2.20 bits per heavy atom. The molecule has 0 aliphatic carbocycles. The normalized spacial score (nSPS) is 10.9. The third-order valence-corrected chi connectivity index (χ3v) is 5.30. The van der Waals surface area contributed by atoms with Crippen molar-refractivity contribution in [3.8, 4) is 11.5 Å². The van der Waals surface area contributed by atoms with Gasteiger partial charge in [0.1, 0.15) is 0 Å². The number of carbonyl (C=O) groups is 3. The fourth-order valence-corrected chi connectivity index (χ4v) is 3.56. The van der Waals surface area contributed by atoms with Crippen molar-refractivity contribution >= 4 is 64.0 Å². The number of anilines is 1. The number of esters is 1. The van der Waals surface area contributed by atoms with E-state index in [1.807, 2.05) is 0 Å². The predicted octanol–water partition coefficient (Wildman–Crippen LogP) is 5.35. The summed E-state index contributed by atoms with van der Waals surface area (Å²) >= 11 is 17.8.